The number of nitrogen functional groups attached to an aromatic ring is 1. The van der Waals surface area contributed by atoms with Crippen molar-refractivity contribution in [3.8, 4) is 0 Å². The van der Waals surface area contributed by atoms with Crippen molar-refractivity contribution in [2.75, 3.05) is 25.1 Å². The maximum atomic E-state index is 11.8. The van der Waals surface area contributed by atoms with Crippen molar-refractivity contribution in [3.63, 3.8) is 0 Å². The van der Waals surface area contributed by atoms with Gasteiger partial charge in [-0.2, -0.15) is 0 Å². The summed E-state index contributed by atoms with van der Waals surface area (Å²) in [6.07, 6.45) is 1.51. The molecule has 0 saturated heterocycles. The molecule has 0 aliphatic heterocycles. The first-order valence-corrected chi connectivity index (χ1v) is 6.21. The van der Waals surface area contributed by atoms with E-state index in [1.54, 1.807) is 19.2 Å². The summed E-state index contributed by atoms with van der Waals surface area (Å²) in [5, 5.41) is 0.278. The van der Waals surface area contributed by atoms with Crippen LogP contribution in [0.4, 0.5) is 5.69 Å². The molecular weight excluding hydrogens is 226 g/mol. The second-order valence-electron chi connectivity index (χ2n) is 3.30. The lowest BCUT2D eigenvalue weighted by atomic mass is 10.4. The SMILES string of the molecule is CCN(C)C(=O)CS(=O)c1ncccc1N. The zero-order valence-electron chi connectivity index (χ0n) is 9.34. The van der Waals surface area contributed by atoms with Crippen molar-refractivity contribution in [2.24, 2.45) is 0 Å². The number of amides is 1. The van der Waals surface area contributed by atoms with Gasteiger partial charge >= 0.3 is 0 Å². The molecule has 0 radical (unpaired) electrons. The van der Waals surface area contributed by atoms with Crippen LogP contribution < -0.4 is 5.73 Å². The molecule has 88 valence electrons. The Balaban J connectivity index is 2.74. The van der Waals surface area contributed by atoms with E-state index in [1.807, 2.05) is 6.92 Å². The van der Waals surface area contributed by atoms with Crippen molar-refractivity contribution in [1.82, 2.24) is 9.88 Å². The first-order chi connectivity index (χ1) is 7.56. The van der Waals surface area contributed by atoms with E-state index in [1.165, 1.54) is 11.1 Å². The molecule has 6 heteroatoms. The molecule has 2 N–H and O–H groups in total. The number of hydrogen-bond donors (Lipinski definition) is 1. The van der Waals surface area contributed by atoms with Gasteiger partial charge in [0, 0.05) is 19.8 Å². The van der Waals surface area contributed by atoms with Gasteiger partial charge in [-0.15, -0.1) is 0 Å². The summed E-state index contributed by atoms with van der Waals surface area (Å²) >= 11 is 0. The fourth-order valence-electron chi connectivity index (χ4n) is 1.06. The molecule has 0 saturated carbocycles. The molecule has 1 amide bonds. The summed E-state index contributed by atoms with van der Waals surface area (Å²) in [4.78, 5) is 17.0. The van der Waals surface area contributed by atoms with E-state index in [9.17, 15) is 9.00 Å². The van der Waals surface area contributed by atoms with Crippen LogP contribution in [0, 0.1) is 0 Å². The Hall–Kier alpha value is -1.43. The molecule has 0 aromatic carbocycles. The van der Waals surface area contributed by atoms with Crippen LogP contribution in [0.25, 0.3) is 0 Å². The number of rotatable bonds is 4. The van der Waals surface area contributed by atoms with E-state index in [-0.39, 0.29) is 16.7 Å². The Labute approximate surface area is 97.1 Å². The number of nitrogens with two attached hydrogens (primary N) is 1. The molecule has 5 nitrogen and oxygen atoms in total. The van der Waals surface area contributed by atoms with Crippen molar-refractivity contribution < 1.29 is 9.00 Å². The second-order valence-corrected chi connectivity index (χ2v) is 4.66. The van der Waals surface area contributed by atoms with Gasteiger partial charge in [0.15, 0.2) is 5.03 Å². The zero-order valence-corrected chi connectivity index (χ0v) is 10.2. The van der Waals surface area contributed by atoms with Gasteiger partial charge in [0.25, 0.3) is 0 Å². The molecule has 0 spiro atoms. The predicted octanol–water partition coefficient (Wildman–Crippen LogP) is 0.250. The second kappa shape index (κ2) is 5.60. The Kier molecular flexibility index (Phi) is 4.42. The number of carbonyl (C=O) groups excluding carboxylic acids is 1. The van der Waals surface area contributed by atoms with Crippen molar-refractivity contribution in [2.45, 2.75) is 11.9 Å². The van der Waals surface area contributed by atoms with Gasteiger partial charge in [-0.3, -0.25) is 9.00 Å². The Bertz CT molecular complexity index is 409. The monoisotopic (exact) mass is 241 g/mol. The lowest BCUT2D eigenvalue weighted by molar-refractivity contribution is -0.126. The zero-order chi connectivity index (χ0) is 12.1. The third kappa shape index (κ3) is 3.03. The number of hydrogen-bond acceptors (Lipinski definition) is 4. The number of aromatic nitrogens is 1. The molecule has 1 atom stereocenters. The molecule has 0 aliphatic rings. The minimum atomic E-state index is -1.47. The molecule has 1 aromatic heterocycles. The quantitative estimate of drug-likeness (QED) is 0.819. The maximum Gasteiger partial charge on any atom is 0.235 e. The van der Waals surface area contributed by atoms with Gasteiger partial charge in [-0.1, -0.05) is 0 Å². The molecule has 16 heavy (non-hydrogen) atoms. The largest absolute Gasteiger partial charge is 0.396 e. The third-order valence-corrected chi connectivity index (χ3v) is 3.45. The fraction of sp³-hybridized carbons (Fsp3) is 0.400. The number of nitrogens with zero attached hydrogens (tertiary/aromatic N) is 2. The van der Waals surface area contributed by atoms with E-state index >= 15 is 0 Å². The van der Waals surface area contributed by atoms with Gasteiger partial charge in [0.1, 0.15) is 5.75 Å². The Morgan fingerprint density at radius 2 is 2.31 bits per heavy atom. The van der Waals surface area contributed by atoms with E-state index < -0.39 is 10.8 Å². The van der Waals surface area contributed by atoms with Crippen LogP contribution in [0.2, 0.25) is 0 Å². The molecule has 1 heterocycles. The van der Waals surface area contributed by atoms with Gasteiger partial charge in [0.05, 0.1) is 16.5 Å². The lowest BCUT2D eigenvalue weighted by Crippen LogP contribution is -2.30. The topological polar surface area (TPSA) is 76.3 Å². The summed E-state index contributed by atoms with van der Waals surface area (Å²) in [5.74, 6) is -0.253. The molecule has 1 rings (SSSR count). The van der Waals surface area contributed by atoms with E-state index in [4.69, 9.17) is 5.73 Å². The smallest absolute Gasteiger partial charge is 0.235 e. The Morgan fingerprint density at radius 3 is 2.88 bits per heavy atom. The molecule has 0 aliphatic carbocycles. The summed E-state index contributed by atoms with van der Waals surface area (Å²) in [6, 6.07) is 3.28. The van der Waals surface area contributed by atoms with Crippen LogP contribution in [0.5, 0.6) is 0 Å². The van der Waals surface area contributed by atoms with Crippen LogP contribution in [0.1, 0.15) is 6.92 Å². The van der Waals surface area contributed by atoms with Crippen molar-refractivity contribution in [3.05, 3.63) is 18.3 Å². The Morgan fingerprint density at radius 1 is 1.62 bits per heavy atom. The summed E-state index contributed by atoms with van der Waals surface area (Å²) in [5.41, 5.74) is 5.98. The number of pyridine rings is 1. The van der Waals surface area contributed by atoms with Crippen LogP contribution >= 0.6 is 0 Å². The van der Waals surface area contributed by atoms with Gasteiger partial charge in [-0.25, -0.2) is 4.98 Å². The normalized spacial score (nSPS) is 12.1. The van der Waals surface area contributed by atoms with E-state index in [2.05, 4.69) is 4.98 Å². The predicted molar refractivity (Wildman–Crippen MR) is 63.2 cm³/mol. The standard InChI is InChI=1S/C10H15N3O2S/c1-3-13(2)9(14)7-16(15)10-8(11)5-4-6-12-10/h4-6H,3,7,11H2,1-2H3. The summed E-state index contributed by atoms with van der Waals surface area (Å²) in [6.45, 7) is 2.45. The van der Waals surface area contributed by atoms with Crippen LogP contribution in [0.3, 0.4) is 0 Å². The first kappa shape index (κ1) is 12.6. The third-order valence-electron chi connectivity index (χ3n) is 2.17. The minimum absolute atomic E-state index is 0.0778. The molecule has 1 unspecified atom stereocenters. The highest BCUT2D eigenvalue weighted by Gasteiger charge is 2.15. The molecule has 0 fully saturated rings. The number of anilines is 1. The highest BCUT2D eigenvalue weighted by Crippen LogP contribution is 2.12. The highest BCUT2D eigenvalue weighted by atomic mass is 32.2. The highest BCUT2D eigenvalue weighted by molar-refractivity contribution is 7.85. The average molecular weight is 241 g/mol. The van der Waals surface area contributed by atoms with Crippen LogP contribution in [-0.2, 0) is 15.6 Å². The van der Waals surface area contributed by atoms with Crippen molar-refractivity contribution in [1.29, 1.82) is 0 Å². The maximum absolute atomic E-state index is 11.8. The molecular formula is C10H15N3O2S. The van der Waals surface area contributed by atoms with Gasteiger partial charge in [0.2, 0.25) is 5.91 Å². The summed E-state index contributed by atoms with van der Waals surface area (Å²) in [7, 11) is 0.193. The molecule has 1 aromatic rings. The first-order valence-electron chi connectivity index (χ1n) is 4.89. The van der Waals surface area contributed by atoms with Gasteiger partial charge < -0.3 is 10.6 Å². The minimum Gasteiger partial charge on any atom is -0.396 e. The van der Waals surface area contributed by atoms with Crippen LogP contribution in [0.15, 0.2) is 23.4 Å². The average Bonchev–Trinajstić information content (AvgIpc) is 2.28. The van der Waals surface area contributed by atoms with Gasteiger partial charge in [-0.05, 0) is 19.1 Å². The van der Waals surface area contributed by atoms with E-state index in [0.717, 1.165) is 0 Å². The fourth-order valence-corrected chi connectivity index (χ4v) is 2.15. The van der Waals surface area contributed by atoms with Crippen molar-refractivity contribution >= 4 is 22.4 Å². The molecule has 0 bridgehead atoms. The van der Waals surface area contributed by atoms with Crippen LogP contribution in [-0.4, -0.2) is 39.3 Å². The number of carbonyl (C=O) groups is 1. The lowest BCUT2D eigenvalue weighted by Gasteiger charge is -2.13. The summed E-state index contributed by atoms with van der Waals surface area (Å²) < 4.78 is 11.8. The van der Waals surface area contributed by atoms with E-state index in [0.29, 0.717) is 12.2 Å².